The topological polar surface area (TPSA) is 86.0 Å². The Labute approximate surface area is 168 Å². The fourth-order valence-corrected chi connectivity index (χ4v) is 4.58. The van der Waals surface area contributed by atoms with Crippen molar-refractivity contribution in [2.24, 2.45) is 7.05 Å². The Morgan fingerprint density at radius 1 is 1.04 bits per heavy atom. The number of thiophene rings is 1. The summed E-state index contributed by atoms with van der Waals surface area (Å²) >= 11 is 1.82. The smallest absolute Gasteiger partial charge is 0.328 e. The van der Waals surface area contributed by atoms with E-state index in [9.17, 15) is 9.59 Å². The molecule has 150 valence electrons. The molecule has 28 heavy (non-hydrogen) atoms. The number of carbonyl (C=O) groups is 2. The van der Waals surface area contributed by atoms with Crippen LogP contribution >= 0.6 is 11.3 Å². The summed E-state index contributed by atoms with van der Waals surface area (Å²) in [6, 6.07) is 9.66. The fourth-order valence-electron chi connectivity index (χ4n) is 3.79. The molecule has 5 heterocycles. The van der Waals surface area contributed by atoms with Crippen LogP contribution in [0.3, 0.4) is 0 Å². The van der Waals surface area contributed by atoms with Crippen molar-refractivity contribution in [2.45, 2.75) is 18.9 Å². The lowest BCUT2D eigenvalue weighted by atomic mass is 10.1. The van der Waals surface area contributed by atoms with Crippen LogP contribution in [-0.4, -0.2) is 63.8 Å². The van der Waals surface area contributed by atoms with Crippen molar-refractivity contribution in [2.75, 3.05) is 31.1 Å². The van der Waals surface area contributed by atoms with Crippen LogP contribution in [0.2, 0.25) is 0 Å². The molecule has 0 aromatic carbocycles. The summed E-state index contributed by atoms with van der Waals surface area (Å²) < 4.78 is 2.37. The number of rotatable bonds is 4. The van der Waals surface area contributed by atoms with Gasteiger partial charge in [-0.25, -0.2) is 9.59 Å². The normalized spacial score (nSPS) is 21.2. The third kappa shape index (κ3) is 4.82. The van der Waals surface area contributed by atoms with Gasteiger partial charge in [0.05, 0.1) is 10.6 Å². The zero-order chi connectivity index (χ0) is 20.1. The van der Waals surface area contributed by atoms with E-state index in [4.69, 9.17) is 10.2 Å². The van der Waals surface area contributed by atoms with E-state index in [1.54, 1.807) is 0 Å². The minimum Gasteiger partial charge on any atom is -0.478 e. The maximum absolute atomic E-state index is 9.55. The summed E-state index contributed by atoms with van der Waals surface area (Å²) in [5.41, 5.74) is 1.34. The van der Waals surface area contributed by atoms with Gasteiger partial charge in [0.2, 0.25) is 0 Å². The number of fused-ring (bicyclic) bond motifs is 4. The second kappa shape index (κ2) is 9.07. The van der Waals surface area contributed by atoms with Crippen LogP contribution in [0, 0.1) is 0 Å². The quantitative estimate of drug-likeness (QED) is 0.764. The van der Waals surface area contributed by atoms with Gasteiger partial charge < -0.3 is 24.6 Å². The molecular weight excluding hydrogens is 378 g/mol. The zero-order valence-electron chi connectivity index (χ0n) is 15.8. The number of anilines is 1. The highest BCUT2D eigenvalue weighted by molar-refractivity contribution is 7.13. The standard InChI is InChI=1S/C16H21N3S.C4H4O4/c1-17-14(15-3-2-12-20-15)4-5-16(17)19-11-10-18-8-6-13(19)7-9-18;5-3(6)1-2-4(7)8/h2-5,12-13H,6-11H2,1H3;1-2H,(H,5,6)(H,7,8)/b;2-1+. The van der Waals surface area contributed by atoms with Gasteiger partial charge in [-0.2, -0.15) is 0 Å². The molecule has 3 fully saturated rings. The van der Waals surface area contributed by atoms with Crippen LogP contribution in [0.1, 0.15) is 12.8 Å². The maximum Gasteiger partial charge on any atom is 0.328 e. The maximum atomic E-state index is 9.55. The van der Waals surface area contributed by atoms with E-state index in [0.717, 1.165) is 6.04 Å². The Bertz CT molecular complexity index is 820. The molecule has 5 rings (SSSR count). The van der Waals surface area contributed by atoms with Crippen LogP contribution in [0.5, 0.6) is 0 Å². The van der Waals surface area contributed by atoms with Gasteiger partial charge in [0.15, 0.2) is 0 Å². The fraction of sp³-hybridized carbons (Fsp3) is 0.400. The molecular formula is C20H25N3O4S. The van der Waals surface area contributed by atoms with Gasteiger partial charge >= 0.3 is 11.9 Å². The molecule has 2 aromatic heterocycles. The number of hydrogen-bond donors (Lipinski definition) is 2. The first-order chi connectivity index (χ1) is 13.5. The van der Waals surface area contributed by atoms with Gasteiger partial charge in [-0.3, -0.25) is 0 Å². The van der Waals surface area contributed by atoms with E-state index in [1.165, 1.54) is 55.4 Å². The summed E-state index contributed by atoms with van der Waals surface area (Å²) in [5.74, 6) is -1.12. The van der Waals surface area contributed by atoms with Crippen LogP contribution in [-0.2, 0) is 16.6 Å². The molecule has 7 nitrogen and oxygen atoms in total. The second-order valence-electron chi connectivity index (χ2n) is 6.89. The molecule has 2 N–H and O–H groups in total. The molecule has 0 unspecified atom stereocenters. The van der Waals surface area contributed by atoms with E-state index in [-0.39, 0.29) is 0 Å². The Kier molecular flexibility index (Phi) is 6.53. The summed E-state index contributed by atoms with van der Waals surface area (Å²) in [7, 11) is 2.21. The first-order valence-electron chi connectivity index (χ1n) is 9.28. The van der Waals surface area contributed by atoms with Crippen LogP contribution < -0.4 is 4.90 Å². The highest BCUT2D eigenvalue weighted by atomic mass is 32.1. The molecule has 0 saturated carbocycles. The Balaban J connectivity index is 0.000000242. The van der Waals surface area contributed by atoms with Crippen LogP contribution in [0.15, 0.2) is 41.8 Å². The van der Waals surface area contributed by atoms with E-state index >= 15 is 0 Å². The summed E-state index contributed by atoms with van der Waals surface area (Å²) in [4.78, 5) is 25.7. The molecule has 0 atom stereocenters. The van der Waals surface area contributed by atoms with Gasteiger partial charge in [-0.05, 0) is 36.4 Å². The van der Waals surface area contributed by atoms with Crippen LogP contribution in [0.25, 0.3) is 10.6 Å². The van der Waals surface area contributed by atoms with Crippen molar-refractivity contribution in [1.29, 1.82) is 0 Å². The summed E-state index contributed by atoms with van der Waals surface area (Å²) in [6.07, 6.45) is 3.75. The predicted octanol–water partition coefficient (Wildman–Crippen LogP) is 2.75. The van der Waals surface area contributed by atoms with Crippen molar-refractivity contribution < 1.29 is 19.8 Å². The number of hydrogen-bond acceptors (Lipinski definition) is 5. The zero-order valence-corrected chi connectivity index (χ0v) is 16.6. The number of nitrogens with zero attached hydrogens (tertiary/aromatic N) is 3. The molecule has 3 aliphatic rings. The van der Waals surface area contributed by atoms with Crippen molar-refractivity contribution in [1.82, 2.24) is 9.47 Å². The lowest BCUT2D eigenvalue weighted by Crippen LogP contribution is -2.38. The first kappa shape index (κ1) is 20.2. The lowest BCUT2D eigenvalue weighted by molar-refractivity contribution is -0.134. The minimum absolute atomic E-state index is 0.558. The molecule has 0 amide bonds. The molecule has 0 spiro atoms. The molecule has 3 saturated heterocycles. The summed E-state index contributed by atoms with van der Waals surface area (Å²) in [6.45, 7) is 4.95. The van der Waals surface area contributed by atoms with E-state index < -0.39 is 11.9 Å². The number of piperidine rings is 1. The summed E-state index contributed by atoms with van der Waals surface area (Å²) in [5, 5.41) is 17.8. The lowest BCUT2D eigenvalue weighted by Gasteiger charge is -2.33. The molecule has 2 aromatic rings. The first-order valence-corrected chi connectivity index (χ1v) is 10.2. The average molecular weight is 404 g/mol. The molecule has 0 aliphatic carbocycles. The second-order valence-corrected chi connectivity index (χ2v) is 7.84. The van der Waals surface area contributed by atoms with Gasteiger partial charge in [-0.15, -0.1) is 11.3 Å². The Morgan fingerprint density at radius 2 is 1.71 bits per heavy atom. The van der Waals surface area contributed by atoms with Crippen LogP contribution in [0.4, 0.5) is 5.82 Å². The van der Waals surface area contributed by atoms with Crippen molar-refractivity contribution in [3.8, 4) is 10.6 Å². The average Bonchev–Trinajstić information content (AvgIpc) is 3.23. The largest absolute Gasteiger partial charge is 0.478 e. The molecule has 8 heteroatoms. The number of carboxylic acids is 2. The number of aromatic nitrogens is 1. The van der Waals surface area contributed by atoms with Crippen molar-refractivity contribution in [3.63, 3.8) is 0 Å². The van der Waals surface area contributed by atoms with Gasteiger partial charge in [0.25, 0.3) is 0 Å². The van der Waals surface area contributed by atoms with Gasteiger partial charge in [0.1, 0.15) is 5.82 Å². The Hall–Kier alpha value is -2.58. The van der Waals surface area contributed by atoms with Gasteiger partial charge in [0, 0.05) is 51.4 Å². The SMILES string of the molecule is Cn1c(-c2cccs2)ccc1N1CCN2CCC1CC2.O=C(O)/C=C/C(=O)O. The van der Waals surface area contributed by atoms with E-state index in [0.29, 0.717) is 12.2 Å². The molecule has 3 aliphatic heterocycles. The van der Waals surface area contributed by atoms with E-state index in [1.807, 2.05) is 11.3 Å². The monoisotopic (exact) mass is 403 g/mol. The third-order valence-electron chi connectivity index (χ3n) is 5.19. The Morgan fingerprint density at radius 3 is 2.29 bits per heavy atom. The van der Waals surface area contributed by atoms with Gasteiger partial charge in [-0.1, -0.05) is 6.07 Å². The number of carboxylic acid groups (broad SMARTS) is 2. The highest BCUT2D eigenvalue weighted by Crippen LogP contribution is 2.32. The minimum atomic E-state index is -1.26. The highest BCUT2D eigenvalue weighted by Gasteiger charge is 2.30. The predicted molar refractivity (Wildman–Crippen MR) is 110 cm³/mol. The third-order valence-corrected chi connectivity index (χ3v) is 6.08. The molecule has 0 radical (unpaired) electrons. The van der Waals surface area contributed by atoms with Crippen molar-refractivity contribution in [3.05, 3.63) is 41.8 Å². The molecule has 2 bridgehead atoms. The van der Waals surface area contributed by atoms with E-state index in [2.05, 4.69) is 51.1 Å². The number of aliphatic carboxylic acids is 2. The van der Waals surface area contributed by atoms with Crippen molar-refractivity contribution >= 4 is 29.1 Å².